The van der Waals surface area contributed by atoms with Crippen LogP contribution in [-0.4, -0.2) is 11.7 Å². The number of alkyl halides is 3. The van der Waals surface area contributed by atoms with Gasteiger partial charge in [0.15, 0.2) is 0 Å². The molecule has 3 nitrogen and oxygen atoms in total. The topological polar surface area (TPSA) is 60.2 Å². The monoisotopic (exact) mass is 263 g/mol. The summed E-state index contributed by atoms with van der Waals surface area (Å²) >= 11 is 0. The van der Waals surface area contributed by atoms with Gasteiger partial charge in [-0.2, -0.15) is 13.2 Å². The second-order valence-electron chi connectivity index (χ2n) is 3.68. The lowest BCUT2D eigenvalue weighted by Gasteiger charge is -2.17. The van der Waals surface area contributed by atoms with Crippen molar-refractivity contribution in [2.75, 3.05) is 0 Å². The molecule has 0 heterocycles. The second-order valence-corrected chi connectivity index (χ2v) is 3.68. The molecule has 2 N–H and O–H groups in total. The highest BCUT2D eigenvalue weighted by molar-refractivity contribution is 6.05. The van der Waals surface area contributed by atoms with Gasteiger partial charge in [-0.1, -0.05) is 6.07 Å². The average Bonchev–Trinajstić information content (AvgIpc) is 2.17. The Morgan fingerprint density at radius 1 is 1.28 bits per heavy atom. The summed E-state index contributed by atoms with van der Waals surface area (Å²) < 4.78 is 50.9. The Balaban J connectivity index is 3.48. The molecule has 0 aliphatic carbocycles. The molecular weight excluding hydrogens is 254 g/mol. The van der Waals surface area contributed by atoms with Crippen LogP contribution in [0.4, 0.5) is 17.6 Å². The molecule has 0 fully saturated rings. The lowest BCUT2D eigenvalue weighted by molar-refractivity contribution is -0.139. The van der Waals surface area contributed by atoms with Gasteiger partial charge in [0.2, 0.25) is 5.91 Å². The molecule has 98 valence electrons. The van der Waals surface area contributed by atoms with Gasteiger partial charge >= 0.3 is 6.18 Å². The van der Waals surface area contributed by atoms with E-state index in [1.54, 1.807) is 0 Å². The number of halogens is 4. The van der Waals surface area contributed by atoms with E-state index in [-0.39, 0.29) is 6.07 Å². The van der Waals surface area contributed by atoms with Gasteiger partial charge in [-0.25, -0.2) is 4.39 Å². The van der Waals surface area contributed by atoms with Crippen molar-refractivity contribution in [1.29, 1.82) is 0 Å². The molecule has 1 rings (SSSR count). The zero-order valence-corrected chi connectivity index (χ0v) is 9.22. The Bertz CT molecular complexity index is 482. The number of ketones is 1. The zero-order chi connectivity index (χ0) is 14.1. The molecular formula is C11H9F4NO2. The van der Waals surface area contributed by atoms with Crippen LogP contribution in [0.25, 0.3) is 0 Å². The molecule has 0 aliphatic rings. The quantitative estimate of drug-likeness (QED) is 0.669. The number of hydrogen-bond donors (Lipinski definition) is 1. The highest BCUT2D eigenvalue weighted by Crippen LogP contribution is 2.36. The van der Waals surface area contributed by atoms with Crippen molar-refractivity contribution < 1.29 is 27.2 Å². The van der Waals surface area contributed by atoms with E-state index in [0.29, 0.717) is 0 Å². The first-order valence-electron chi connectivity index (χ1n) is 4.81. The molecule has 0 aromatic heterocycles. The Labute approximate surface area is 99.6 Å². The molecule has 1 unspecified atom stereocenters. The largest absolute Gasteiger partial charge is 0.416 e. The van der Waals surface area contributed by atoms with Crippen LogP contribution in [0.15, 0.2) is 18.2 Å². The minimum absolute atomic E-state index is 0.230. The first kappa shape index (κ1) is 14.1. The minimum atomic E-state index is -4.87. The van der Waals surface area contributed by atoms with Crippen molar-refractivity contribution in [3.05, 3.63) is 35.1 Å². The van der Waals surface area contributed by atoms with Crippen molar-refractivity contribution in [2.24, 2.45) is 5.73 Å². The van der Waals surface area contributed by atoms with Crippen LogP contribution < -0.4 is 5.73 Å². The predicted octanol–water partition coefficient (Wildman–Crippen LogP) is 2.00. The summed E-state index contributed by atoms with van der Waals surface area (Å²) in [6.45, 7) is 0.943. The molecule has 0 saturated heterocycles. The lowest BCUT2D eigenvalue weighted by Crippen LogP contribution is -2.29. The fourth-order valence-electron chi connectivity index (χ4n) is 1.60. The molecule has 1 aromatic carbocycles. The smallest absolute Gasteiger partial charge is 0.369 e. The molecule has 0 spiro atoms. The molecule has 1 amide bonds. The number of carbonyl (C=O) groups is 2. The Morgan fingerprint density at radius 3 is 2.22 bits per heavy atom. The molecule has 1 atom stereocenters. The third kappa shape index (κ3) is 2.85. The molecule has 0 bridgehead atoms. The second kappa shape index (κ2) is 4.75. The third-order valence-corrected chi connectivity index (χ3v) is 2.32. The molecule has 0 aliphatic heterocycles. The number of Topliss-reactive ketones (excluding diaryl/α,β-unsaturated/α-hetero) is 1. The van der Waals surface area contributed by atoms with E-state index in [1.807, 2.05) is 0 Å². The van der Waals surface area contributed by atoms with Gasteiger partial charge in [-0.3, -0.25) is 9.59 Å². The maximum Gasteiger partial charge on any atom is 0.416 e. The standard InChI is InChI=1S/C11H9F4NO2/c1-5(17)9(10(16)18)7-3-2-6(12)4-8(7)11(13,14)15/h2-4,9H,1H3,(H2,16,18). The fourth-order valence-corrected chi connectivity index (χ4v) is 1.60. The number of amides is 1. The summed E-state index contributed by atoms with van der Waals surface area (Å²) in [6, 6.07) is 1.71. The lowest BCUT2D eigenvalue weighted by atomic mass is 9.90. The van der Waals surface area contributed by atoms with E-state index in [9.17, 15) is 27.2 Å². The van der Waals surface area contributed by atoms with Crippen molar-refractivity contribution in [2.45, 2.75) is 19.0 Å². The van der Waals surface area contributed by atoms with Gasteiger partial charge in [0.25, 0.3) is 0 Å². The molecule has 0 saturated carbocycles. The zero-order valence-electron chi connectivity index (χ0n) is 9.22. The maximum absolute atomic E-state index is 12.8. The Hall–Kier alpha value is -1.92. The Kier molecular flexibility index (Phi) is 3.73. The molecule has 7 heteroatoms. The summed E-state index contributed by atoms with van der Waals surface area (Å²) in [7, 11) is 0. The Morgan fingerprint density at radius 2 is 1.83 bits per heavy atom. The summed E-state index contributed by atoms with van der Waals surface area (Å²) in [6.07, 6.45) is -4.87. The van der Waals surface area contributed by atoms with Gasteiger partial charge in [-0.05, 0) is 24.6 Å². The molecule has 0 radical (unpaired) electrons. The van der Waals surface area contributed by atoms with Crippen LogP contribution in [0.1, 0.15) is 24.0 Å². The number of primary amides is 1. The first-order valence-corrected chi connectivity index (χ1v) is 4.81. The van der Waals surface area contributed by atoms with E-state index in [4.69, 9.17) is 5.73 Å². The summed E-state index contributed by atoms with van der Waals surface area (Å²) in [5, 5.41) is 0. The third-order valence-electron chi connectivity index (χ3n) is 2.32. The van der Waals surface area contributed by atoms with Gasteiger partial charge in [0.1, 0.15) is 17.5 Å². The first-order chi connectivity index (χ1) is 8.14. The van der Waals surface area contributed by atoms with Crippen LogP contribution in [-0.2, 0) is 15.8 Å². The number of rotatable bonds is 3. The summed E-state index contributed by atoms with van der Waals surface area (Å²) in [5.74, 6) is -4.89. The van der Waals surface area contributed by atoms with Crippen molar-refractivity contribution in [3.8, 4) is 0 Å². The average molecular weight is 263 g/mol. The van der Waals surface area contributed by atoms with Gasteiger partial charge < -0.3 is 5.73 Å². The van der Waals surface area contributed by atoms with Gasteiger partial charge in [0.05, 0.1) is 5.56 Å². The van der Waals surface area contributed by atoms with E-state index >= 15 is 0 Å². The van der Waals surface area contributed by atoms with E-state index in [2.05, 4.69) is 0 Å². The maximum atomic E-state index is 12.8. The van der Waals surface area contributed by atoms with Crippen molar-refractivity contribution >= 4 is 11.7 Å². The van der Waals surface area contributed by atoms with Crippen LogP contribution in [0.3, 0.4) is 0 Å². The summed E-state index contributed by atoms with van der Waals surface area (Å²) in [4.78, 5) is 22.2. The number of nitrogens with two attached hydrogens (primary N) is 1. The van der Waals surface area contributed by atoms with Gasteiger partial charge in [0, 0.05) is 0 Å². The van der Waals surface area contributed by atoms with Crippen molar-refractivity contribution in [1.82, 2.24) is 0 Å². The fraction of sp³-hybridized carbons (Fsp3) is 0.273. The van der Waals surface area contributed by atoms with Crippen molar-refractivity contribution in [3.63, 3.8) is 0 Å². The molecule has 18 heavy (non-hydrogen) atoms. The summed E-state index contributed by atoms with van der Waals surface area (Å²) in [5.41, 5.74) is 2.89. The molecule has 1 aromatic rings. The SMILES string of the molecule is CC(=O)C(C(N)=O)c1ccc(F)cc1C(F)(F)F. The minimum Gasteiger partial charge on any atom is -0.369 e. The number of carbonyl (C=O) groups excluding carboxylic acids is 2. The number of hydrogen-bond acceptors (Lipinski definition) is 2. The highest BCUT2D eigenvalue weighted by Gasteiger charge is 2.38. The van der Waals surface area contributed by atoms with Crippen LogP contribution in [0.2, 0.25) is 0 Å². The van der Waals surface area contributed by atoms with E-state index in [1.165, 1.54) is 0 Å². The predicted molar refractivity (Wildman–Crippen MR) is 54.0 cm³/mol. The van der Waals surface area contributed by atoms with Gasteiger partial charge in [-0.15, -0.1) is 0 Å². The highest BCUT2D eigenvalue weighted by atomic mass is 19.4. The van der Waals surface area contributed by atoms with E-state index in [0.717, 1.165) is 19.1 Å². The van der Waals surface area contributed by atoms with Crippen LogP contribution >= 0.6 is 0 Å². The normalized spacial score (nSPS) is 13.2. The number of benzene rings is 1. The van der Waals surface area contributed by atoms with Crippen LogP contribution in [0, 0.1) is 5.82 Å². The van der Waals surface area contributed by atoms with E-state index < -0.39 is 40.7 Å². The van der Waals surface area contributed by atoms with Crippen LogP contribution in [0.5, 0.6) is 0 Å².